The summed E-state index contributed by atoms with van der Waals surface area (Å²) in [4.78, 5) is 37.1. The second kappa shape index (κ2) is 7.33. The fourth-order valence-electron chi connectivity index (χ4n) is 1.65. The molecule has 0 bridgehead atoms. The highest BCUT2D eigenvalue weighted by Gasteiger charge is 2.29. The molecule has 9 heteroatoms. The van der Waals surface area contributed by atoms with Crippen molar-refractivity contribution in [3.8, 4) is 0 Å². The molecule has 4 amide bonds. The van der Waals surface area contributed by atoms with Gasteiger partial charge in [-0.2, -0.15) is 0 Å². The van der Waals surface area contributed by atoms with Crippen LogP contribution in [0, 0.1) is 0 Å². The molecule has 0 radical (unpaired) electrons. The molecule has 0 spiro atoms. The normalized spacial score (nSPS) is 11.5. The molecule has 0 aliphatic heterocycles. The third-order valence-corrected chi connectivity index (χ3v) is 3.44. The Kier molecular flexibility index (Phi) is 6.01. The minimum absolute atomic E-state index is 0.0531. The molecule has 1 aromatic rings. The number of nitrogens with one attached hydrogen (secondary N) is 1. The van der Waals surface area contributed by atoms with Crippen LogP contribution in [0.2, 0.25) is 10.0 Å². The summed E-state index contributed by atoms with van der Waals surface area (Å²) < 4.78 is 0. The van der Waals surface area contributed by atoms with Gasteiger partial charge in [0.15, 0.2) is 6.04 Å². The molecule has 1 aromatic carbocycles. The third-order valence-electron chi connectivity index (χ3n) is 2.78. The smallest absolute Gasteiger partial charge is 0.331 e. The molecule has 7 nitrogen and oxygen atoms in total. The Hall–Kier alpha value is -1.99. The summed E-state index contributed by atoms with van der Waals surface area (Å²) in [6, 6.07) is 1.50. The summed E-state index contributed by atoms with van der Waals surface area (Å²) in [7, 11) is 4.15. The number of hydrogen-bond acceptors (Lipinski definition) is 3. The van der Waals surface area contributed by atoms with Crippen LogP contribution >= 0.6 is 23.2 Å². The fraction of sp³-hybridized carbons (Fsp3) is 0.308. The molecule has 1 atom stereocenters. The average molecular weight is 348 g/mol. The van der Waals surface area contributed by atoms with E-state index in [2.05, 4.69) is 5.32 Å². The monoisotopic (exact) mass is 347 g/mol. The SMILES string of the molecule is CN(C)C(=O)N(C)C(=O)NC(C(=O)O)c1c(Cl)cccc1Cl. The molecule has 1 rings (SSSR count). The van der Waals surface area contributed by atoms with Crippen molar-refractivity contribution < 1.29 is 19.5 Å². The summed E-state index contributed by atoms with van der Waals surface area (Å²) >= 11 is 11.9. The molecular formula is C13H15Cl2N3O4. The number of nitrogens with zero attached hydrogens (tertiary/aromatic N) is 2. The highest BCUT2D eigenvalue weighted by atomic mass is 35.5. The van der Waals surface area contributed by atoms with Crippen LogP contribution in [0.3, 0.4) is 0 Å². The van der Waals surface area contributed by atoms with Crippen molar-refractivity contribution in [3.05, 3.63) is 33.8 Å². The standard InChI is InChI=1S/C13H15Cl2N3O4/c1-17(2)13(22)18(3)12(21)16-10(11(19)20)9-7(14)5-4-6-8(9)15/h4-6,10H,1-3H3,(H,16,21)(H,19,20). The third kappa shape index (κ3) is 4.02. The van der Waals surface area contributed by atoms with Crippen molar-refractivity contribution in [2.45, 2.75) is 6.04 Å². The van der Waals surface area contributed by atoms with E-state index in [0.717, 1.165) is 4.90 Å². The van der Waals surface area contributed by atoms with Gasteiger partial charge < -0.3 is 15.3 Å². The van der Waals surface area contributed by atoms with E-state index in [1.807, 2.05) is 0 Å². The van der Waals surface area contributed by atoms with Crippen LogP contribution < -0.4 is 5.32 Å². The maximum absolute atomic E-state index is 12.0. The summed E-state index contributed by atoms with van der Waals surface area (Å²) in [6.45, 7) is 0. The van der Waals surface area contributed by atoms with Crippen LogP contribution in [0.5, 0.6) is 0 Å². The zero-order valence-electron chi connectivity index (χ0n) is 12.1. The summed E-state index contributed by atoms with van der Waals surface area (Å²) in [5.41, 5.74) is 0.0531. The minimum atomic E-state index is -1.48. The van der Waals surface area contributed by atoms with E-state index >= 15 is 0 Å². The molecule has 0 saturated heterocycles. The molecule has 2 N–H and O–H groups in total. The topological polar surface area (TPSA) is 90.0 Å². The minimum Gasteiger partial charge on any atom is -0.479 e. The molecule has 22 heavy (non-hydrogen) atoms. The van der Waals surface area contributed by atoms with Crippen LogP contribution in [0.1, 0.15) is 11.6 Å². The Bertz CT molecular complexity index is 587. The highest BCUT2D eigenvalue weighted by Crippen LogP contribution is 2.30. The Morgan fingerprint density at radius 1 is 1.14 bits per heavy atom. The van der Waals surface area contributed by atoms with Gasteiger partial charge >= 0.3 is 18.0 Å². The number of amides is 4. The largest absolute Gasteiger partial charge is 0.479 e. The maximum Gasteiger partial charge on any atom is 0.331 e. The number of benzene rings is 1. The zero-order valence-corrected chi connectivity index (χ0v) is 13.6. The van der Waals surface area contributed by atoms with Gasteiger partial charge in [-0.25, -0.2) is 19.3 Å². The molecule has 1 unspecified atom stereocenters. The van der Waals surface area contributed by atoms with E-state index in [4.69, 9.17) is 23.2 Å². The van der Waals surface area contributed by atoms with Gasteiger partial charge in [0.1, 0.15) is 0 Å². The predicted octanol–water partition coefficient (Wildman–Crippen LogP) is 2.44. The van der Waals surface area contributed by atoms with Crippen LogP contribution in [0.4, 0.5) is 9.59 Å². The number of imide groups is 1. The lowest BCUT2D eigenvalue weighted by Gasteiger charge is -2.23. The van der Waals surface area contributed by atoms with Gasteiger partial charge in [-0.05, 0) is 12.1 Å². The first-order valence-corrected chi connectivity index (χ1v) is 6.84. The van der Waals surface area contributed by atoms with Crippen molar-refractivity contribution in [3.63, 3.8) is 0 Å². The number of carboxylic acid groups (broad SMARTS) is 1. The van der Waals surface area contributed by atoms with E-state index in [1.54, 1.807) is 6.07 Å². The van der Waals surface area contributed by atoms with Gasteiger partial charge in [0.05, 0.1) is 0 Å². The molecule has 0 fully saturated rings. The van der Waals surface area contributed by atoms with Crippen LogP contribution in [-0.2, 0) is 4.79 Å². The predicted molar refractivity (Wildman–Crippen MR) is 82.2 cm³/mol. The van der Waals surface area contributed by atoms with Crippen molar-refractivity contribution in [1.29, 1.82) is 0 Å². The number of rotatable bonds is 3. The Balaban J connectivity index is 3.07. The van der Waals surface area contributed by atoms with Gasteiger partial charge in [0.2, 0.25) is 0 Å². The van der Waals surface area contributed by atoms with E-state index < -0.39 is 24.1 Å². The highest BCUT2D eigenvalue weighted by molar-refractivity contribution is 6.36. The van der Waals surface area contributed by atoms with Gasteiger partial charge in [0, 0.05) is 36.8 Å². The molecule has 0 heterocycles. The van der Waals surface area contributed by atoms with Gasteiger partial charge in [-0.15, -0.1) is 0 Å². The molecule has 0 aliphatic rings. The molecule has 0 saturated carbocycles. The number of halogens is 2. The van der Waals surface area contributed by atoms with Crippen LogP contribution in [0.25, 0.3) is 0 Å². The lowest BCUT2D eigenvalue weighted by molar-refractivity contribution is -0.139. The Morgan fingerprint density at radius 2 is 1.64 bits per heavy atom. The van der Waals surface area contributed by atoms with Crippen molar-refractivity contribution in [2.24, 2.45) is 0 Å². The Labute approximate surface area is 137 Å². The number of carbonyl (C=O) groups excluding carboxylic acids is 2. The maximum atomic E-state index is 12.0. The number of carboxylic acids is 1. The van der Waals surface area contributed by atoms with Crippen molar-refractivity contribution in [1.82, 2.24) is 15.1 Å². The first-order chi connectivity index (χ1) is 10.2. The van der Waals surface area contributed by atoms with E-state index in [-0.39, 0.29) is 15.6 Å². The van der Waals surface area contributed by atoms with Gasteiger partial charge in [0.25, 0.3) is 0 Å². The van der Waals surface area contributed by atoms with Crippen LogP contribution in [-0.4, -0.2) is 54.1 Å². The summed E-state index contributed by atoms with van der Waals surface area (Å²) in [5, 5.41) is 11.7. The molecule has 0 aliphatic carbocycles. The fourth-order valence-corrected chi connectivity index (χ4v) is 2.27. The molecule has 0 aromatic heterocycles. The first kappa shape index (κ1) is 18.1. The van der Waals surface area contributed by atoms with Crippen LogP contribution in [0.15, 0.2) is 18.2 Å². The van der Waals surface area contributed by atoms with Crippen molar-refractivity contribution in [2.75, 3.05) is 21.1 Å². The second-order valence-corrected chi connectivity index (χ2v) is 5.41. The summed E-state index contributed by atoms with van der Waals surface area (Å²) in [6.07, 6.45) is 0. The molecular weight excluding hydrogens is 333 g/mol. The number of hydrogen-bond donors (Lipinski definition) is 2. The first-order valence-electron chi connectivity index (χ1n) is 6.09. The van der Waals surface area contributed by atoms with Gasteiger partial charge in [-0.3, -0.25) is 0 Å². The number of carbonyl (C=O) groups is 3. The zero-order chi connectivity index (χ0) is 17.0. The number of urea groups is 2. The summed E-state index contributed by atoms with van der Waals surface area (Å²) in [5.74, 6) is -1.35. The lowest BCUT2D eigenvalue weighted by Crippen LogP contribution is -2.47. The lowest BCUT2D eigenvalue weighted by atomic mass is 10.1. The van der Waals surface area contributed by atoms with Gasteiger partial charge in [-0.1, -0.05) is 29.3 Å². The Morgan fingerprint density at radius 3 is 2.05 bits per heavy atom. The van der Waals surface area contributed by atoms with E-state index in [1.165, 1.54) is 38.2 Å². The van der Waals surface area contributed by atoms with E-state index in [9.17, 15) is 19.5 Å². The average Bonchev–Trinajstić information content (AvgIpc) is 2.43. The second-order valence-electron chi connectivity index (χ2n) is 4.59. The quantitative estimate of drug-likeness (QED) is 0.878. The number of aliphatic carboxylic acids is 1. The van der Waals surface area contributed by atoms with E-state index in [0.29, 0.717) is 0 Å². The molecule has 120 valence electrons. The van der Waals surface area contributed by atoms with Crippen molar-refractivity contribution >= 4 is 41.2 Å².